The fourth-order valence-corrected chi connectivity index (χ4v) is 5.90. The Morgan fingerprint density at radius 1 is 1.30 bits per heavy atom. The second-order valence-corrected chi connectivity index (χ2v) is 9.62. The van der Waals surface area contributed by atoms with Crippen LogP contribution in [0.5, 0.6) is 0 Å². The summed E-state index contributed by atoms with van der Waals surface area (Å²) in [4.78, 5) is 0.250. The molecule has 0 N–H and O–H groups in total. The molecule has 0 bridgehead atoms. The average molecular weight is 424 g/mol. The van der Waals surface area contributed by atoms with E-state index in [0.29, 0.717) is 35.5 Å². The molecule has 1 aromatic carbocycles. The first-order valence-electron chi connectivity index (χ1n) is 8.58. The molecule has 4 rings (SSSR count). The standard InChI is InChI=1S/C18H18ClN3O3S2/c1-12-15(19)5-2-6-16(12)27(23,24)22-8-3-4-13(10-22)17-20-21-18(25-17)14-7-9-26-11-14/h2,5-7,9,11,13H,3-4,8,10H2,1H3/t13-/m0/s1. The van der Waals surface area contributed by atoms with E-state index in [4.69, 9.17) is 16.0 Å². The van der Waals surface area contributed by atoms with E-state index in [1.807, 2.05) is 16.8 Å². The largest absolute Gasteiger partial charge is 0.420 e. The van der Waals surface area contributed by atoms with Crippen LogP contribution < -0.4 is 0 Å². The lowest BCUT2D eigenvalue weighted by molar-refractivity contribution is 0.286. The molecular formula is C18H18ClN3O3S2. The van der Waals surface area contributed by atoms with Gasteiger partial charge in [-0.15, -0.1) is 10.2 Å². The summed E-state index contributed by atoms with van der Waals surface area (Å²) in [5.74, 6) is 0.837. The topological polar surface area (TPSA) is 76.3 Å². The van der Waals surface area contributed by atoms with E-state index in [9.17, 15) is 8.42 Å². The summed E-state index contributed by atoms with van der Waals surface area (Å²) >= 11 is 7.68. The number of halogens is 1. The summed E-state index contributed by atoms with van der Waals surface area (Å²) in [6, 6.07) is 6.87. The summed E-state index contributed by atoms with van der Waals surface area (Å²) in [7, 11) is -3.63. The third-order valence-electron chi connectivity index (χ3n) is 4.78. The minimum atomic E-state index is -3.63. The molecular weight excluding hydrogens is 406 g/mol. The zero-order valence-corrected chi connectivity index (χ0v) is 17.0. The summed E-state index contributed by atoms with van der Waals surface area (Å²) < 4.78 is 33.6. The van der Waals surface area contributed by atoms with Gasteiger partial charge in [-0.2, -0.15) is 15.6 Å². The molecule has 0 aliphatic carbocycles. The van der Waals surface area contributed by atoms with Crippen LogP contribution in [-0.4, -0.2) is 36.0 Å². The van der Waals surface area contributed by atoms with E-state index in [2.05, 4.69) is 10.2 Å². The highest BCUT2D eigenvalue weighted by Gasteiger charge is 2.34. The third-order valence-corrected chi connectivity index (χ3v) is 7.88. The molecule has 9 heteroatoms. The minimum Gasteiger partial charge on any atom is -0.420 e. The normalized spacial score (nSPS) is 18.7. The fraction of sp³-hybridized carbons (Fsp3) is 0.333. The van der Waals surface area contributed by atoms with Gasteiger partial charge in [0.05, 0.1) is 10.8 Å². The summed E-state index contributed by atoms with van der Waals surface area (Å²) in [5.41, 5.74) is 1.45. The lowest BCUT2D eigenvalue weighted by Crippen LogP contribution is -2.39. The molecule has 3 aromatic rings. The number of sulfonamides is 1. The van der Waals surface area contributed by atoms with Crippen LogP contribution in [0.25, 0.3) is 11.5 Å². The van der Waals surface area contributed by atoms with Gasteiger partial charge in [-0.25, -0.2) is 8.42 Å². The zero-order chi connectivity index (χ0) is 19.0. The number of benzene rings is 1. The van der Waals surface area contributed by atoms with Crippen LogP contribution >= 0.6 is 22.9 Å². The molecule has 0 unspecified atom stereocenters. The highest BCUT2D eigenvalue weighted by atomic mass is 35.5. The van der Waals surface area contributed by atoms with Gasteiger partial charge in [-0.1, -0.05) is 17.7 Å². The van der Waals surface area contributed by atoms with Crippen LogP contribution in [0.1, 0.15) is 30.2 Å². The number of hydrogen-bond acceptors (Lipinski definition) is 6. The number of rotatable bonds is 4. The lowest BCUT2D eigenvalue weighted by atomic mass is 10.00. The molecule has 0 saturated carbocycles. The molecule has 1 aliphatic rings. The molecule has 2 aromatic heterocycles. The maximum Gasteiger partial charge on any atom is 0.248 e. The molecule has 1 atom stereocenters. The fourth-order valence-electron chi connectivity index (χ4n) is 3.27. The molecule has 0 radical (unpaired) electrons. The molecule has 1 fully saturated rings. The van der Waals surface area contributed by atoms with Crippen LogP contribution in [-0.2, 0) is 10.0 Å². The molecule has 3 heterocycles. The minimum absolute atomic E-state index is 0.118. The molecule has 6 nitrogen and oxygen atoms in total. The highest BCUT2D eigenvalue weighted by molar-refractivity contribution is 7.89. The maximum absolute atomic E-state index is 13.1. The average Bonchev–Trinajstić information content (AvgIpc) is 3.35. The quantitative estimate of drug-likeness (QED) is 0.624. The number of hydrogen-bond donors (Lipinski definition) is 0. The molecule has 27 heavy (non-hydrogen) atoms. The Hall–Kier alpha value is -1.74. The Morgan fingerprint density at radius 2 is 2.15 bits per heavy atom. The predicted octanol–water partition coefficient (Wildman–Crippen LogP) is 4.33. The summed E-state index contributed by atoms with van der Waals surface area (Å²) in [5, 5.41) is 12.6. The molecule has 1 saturated heterocycles. The second kappa shape index (κ2) is 7.35. The Bertz CT molecular complexity index is 1050. The van der Waals surface area contributed by atoms with E-state index in [0.717, 1.165) is 18.4 Å². The Balaban J connectivity index is 1.59. The van der Waals surface area contributed by atoms with Crippen LogP contribution in [0.15, 0.2) is 44.3 Å². The van der Waals surface area contributed by atoms with Gasteiger partial charge in [0.1, 0.15) is 0 Å². The number of thiophene rings is 1. The van der Waals surface area contributed by atoms with Crippen molar-refractivity contribution in [3.05, 3.63) is 51.5 Å². The molecule has 0 spiro atoms. The van der Waals surface area contributed by atoms with Gasteiger partial charge in [-0.05, 0) is 48.9 Å². The number of piperidine rings is 1. The Morgan fingerprint density at radius 3 is 2.93 bits per heavy atom. The Labute approximate surface area is 166 Å². The van der Waals surface area contributed by atoms with Gasteiger partial charge in [0.15, 0.2) is 0 Å². The first-order chi connectivity index (χ1) is 13.0. The van der Waals surface area contributed by atoms with Crippen molar-refractivity contribution in [3.8, 4) is 11.5 Å². The highest BCUT2D eigenvalue weighted by Crippen LogP contribution is 2.33. The second-order valence-electron chi connectivity index (χ2n) is 6.52. The first-order valence-corrected chi connectivity index (χ1v) is 11.3. The van der Waals surface area contributed by atoms with E-state index in [1.165, 1.54) is 4.31 Å². The van der Waals surface area contributed by atoms with Crippen molar-refractivity contribution in [1.29, 1.82) is 0 Å². The van der Waals surface area contributed by atoms with Crippen LogP contribution in [0.3, 0.4) is 0 Å². The zero-order valence-electron chi connectivity index (χ0n) is 14.6. The van der Waals surface area contributed by atoms with Gasteiger partial charge in [0, 0.05) is 29.1 Å². The number of nitrogens with zero attached hydrogens (tertiary/aromatic N) is 3. The predicted molar refractivity (Wildman–Crippen MR) is 105 cm³/mol. The van der Waals surface area contributed by atoms with E-state index in [-0.39, 0.29) is 10.8 Å². The number of aromatic nitrogens is 2. The van der Waals surface area contributed by atoms with E-state index in [1.54, 1.807) is 36.5 Å². The van der Waals surface area contributed by atoms with Crippen LogP contribution in [0.4, 0.5) is 0 Å². The molecule has 0 amide bonds. The van der Waals surface area contributed by atoms with Gasteiger partial charge >= 0.3 is 0 Å². The SMILES string of the molecule is Cc1c(Cl)cccc1S(=O)(=O)N1CCC[C@H](c2nnc(-c3ccsc3)o2)C1. The third kappa shape index (κ3) is 3.54. The van der Waals surface area contributed by atoms with Crippen LogP contribution in [0, 0.1) is 6.92 Å². The van der Waals surface area contributed by atoms with Crippen molar-refractivity contribution in [2.45, 2.75) is 30.6 Å². The summed E-state index contributed by atoms with van der Waals surface area (Å²) in [6.45, 7) is 2.51. The lowest BCUT2D eigenvalue weighted by Gasteiger charge is -2.30. The Kier molecular flexibility index (Phi) is 5.07. The molecule has 142 valence electrons. The van der Waals surface area contributed by atoms with Gasteiger partial charge in [0.2, 0.25) is 21.8 Å². The van der Waals surface area contributed by atoms with Gasteiger partial charge in [-0.3, -0.25) is 0 Å². The smallest absolute Gasteiger partial charge is 0.248 e. The van der Waals surface area contributed by atoms with Crippen LogP contribution in [0.2, 0.25) is 5.02 Å². The molecule has 1 aliphatic heterocycles. The van der Waals surface area contributed by atoms with Crippen molar-refractivity contribution >= 4 is 33.0 Å². The van der Waals surface area contributed by atoms with E-state index >= 15 is 0 Å². The monoisotopic (exact) mass is 423 g/mol. The first kappa shape index (κ1) is 18.6. The summed E-state index contributed by atoms with van der Waals surface area (Å²) in [6.07, 6.45) is 1.55. The van der Waals surface area contributed by atoms with Crippen molar-refractivity contribution in [2.75, 3.05) is 13.1 Å². The van der Waals surface area contributed by atoms with Crippen molar-refractivity contribution in [1.82, 2.24) is 14.5 Å². The van der Waals surface area contributed by atoms with E-state index < -0.39 is 10.0 Å². The maximum atomic E-state index is 13.1. The van der Waals surface area contributed by atoms with Crippen molar-refractivity contribution in [2.24, 2.45) is 0 Å². The van der Waals surface area contributed by atoms with Crippen molar-refractivity contribution in [3.63, 3.8) is 0 Å². The van der Waals surface area contributed by atoms with Crippen molar-refractivity contribution < 1.29 is 12.8 Å². The van der Waals surface area contributed by atoms with Gasteiger partial charge < -0.3 is 4.42 Å². The van der Waals surface area contributed by atoms with Gasteiger partial charge in [0.25, 0.3) is 0 Å².